The summed E-state index contributed by atoms with van der Waals surface area (Å²) in [4.78, 5) is 11.1. The summed E-state index contributed by atoms with van der Waals surface area (Å²) in [6, 6.07) is 8.50. The Balaban J connectivity index is 2.90. The minimum Gasteiger partial charge on any atom is -0.465 e. The van der Waals surface area contributed by atoms with Gasteiger partial charge in [-0.15, -0.1) is 0 Å². The van der Waals surface area contributed by atoms with Gasteiger partial charge in [-0.1, -0.05) is 12.1 Å². The first-order valence-corrected chi connectivity index (χ1v) is 4.48. The van der Waals surface area contributed by atoms with Gasteiger partial charge in [0.25, 0.3) is 0 Å². The molecule has 15 heavy (non-hydrogen) atoms. The molecule has 1 atom stereocenters. The largest absolute Gasteiger partial charge is 0.465 e. The van der Waals surface area contributed by atoms with Crippen LogP contribution < -0.4 is 5.32 Å². The van der Waals surface area contributed by atoms with Crippen molar-refractivity contribution in [3.05, 3.63) is 35.4 Å². The highest BCUT2D eigenvalue weighted by atomic mass is 16.5. The lowest BCUT2D eigenvalue weighted by molar-refractivity contribution is 0.0600. The van der Waals surface area contributed by atoms with Gasteiger partial charge in [-0.2, -0.15) is 5.26 Å². The van der Waals surface area contributed by atoms with Gasteiger partial charge in [0, 0.05) is 0 Å². The molecule has 0 radical (unpaired) electrons. The molecule has 0 fully saturated rings. The number of rotatable bonds is 3. The van der Waals surface area contributed by atoms with E-state index in [9.17, 15) is 4.79 Å². The van der Waals surface area contributed by atoms with Gasteiger partial charge in [0.15, 0.2) is 0 Å². The van der Waals surface area contributed by atoms with Crippen molar-refractivity contribution in [1.29, 1.82) is 5.26 Å². The summed E-state index contributed by atoms with van der Waals surface area (Å²) in [5.74, 6) is -0.375. The maximum atomic E-state index is 11.1. The van der Waals surface area contributed by atoms with Crippen LogP contribution in [-0.2, 0) is 4.74 Å². The topological polar surface area (TPSA) is 62.1 Å². The predicted molar refractivity (Wildman–Crippen MR) is 55.2 cm³/mol. The van der Waals surface area contributed by atoms with Crippen LogP contribution in [0, 0.1) is 11.3 Å². The van der Waals surface area contributed by atoms with Gasteiger partial charge in [0.1, 0.15) is 6.04 Å². The molecule has 0 bridgehead atoms. The lowest BCUT2D eigenvalue weighted by Gasteiger charge is -2.07. The highest BCUT2D eigenvalue weighted by Gasteiger charge is 2.09. The van der Waals surface area contributed by atoms with Crippen molar-refractivity contribution in [2.45, 2.75) is 6.04 Å². The van der Waals surface area contributed by atoms with Crippen LogP contribution in [0.4, 0.5) is 0 Å². The first-order chi connectivity index (χ1) is 7.22. The summed E-state index contributed by atoms with van der Waals surface area (Å²) in [5.41, 5.74) is 1.31. The molecule has 0 saturated heterocycles. The molecule has 78 valence electrons. The first kappa shape index (κ1) is 11.2. The monoisotopic (exact) mass is 204 g/mol. The maximum absolute atomic E-state index is 11.1. The van der Waals surface area contributed by atoms with Crippen LogP contribution in [0.15, 0.2) is 24.3 Å². The molecule has 0 amide bonds. The normalized spacial score (nSPS) is 11.5. The number of nitriles is 1. The van der Waals surface area contributed by atoms with E-state index in [1.54, 1.807) is 31.3 Å². The fraction of sp³-hybridized carbons (Fsp3) is 0.273. The van der Waals surface area contributed by atoms with Crippen molar-refractivity contribution in [2.24, 2.45) is 0 Å². The third-order valence-electron chi connectivity index (χ3n) is 2.08. The van der Waals surface area contributed by atoms with Gasteiger partial charge in [-0.25, -0.2) is 4.79 Å². The zero-order valence-electron chi connectivity index (χ0n) is 8.65. The molecule has 0 aliphatic rings. The smallest absolute Gasteiger partial charge is 0.337 e. The molecule has 0 aromatic heterocycles. The average molecular weight is 204 g/mol. The van der Waals surface area contributed by atoms with Gasteiger partial charge in [-0.3, -0.25) is 0 Å². The molecular formula is C11H12N2O2. The highest BCUT2D eigenvalue weighted by Crippen LogP contribution is 2.13. The Kier molecular flexibility index (Phi) is 3.83. The summed E-state index contributed by atoms with van der Waals surface area (Å²) >= 11 is 0. The van der Waals surface area contributed by atoms with Gasteiger partial charge in [0.2, 0.25) is 0 Å². The number of esters is 1. The van der Waals surface area contributed by atoms with Gasteiger partial charge >= 0.3 is 5.97 Å². The van der Waals surface area contributed by atoms with Crippen molar-refractivity contribution in [3.63, 3.8) is 0 Å². The molecular weight excluding hydrogens is 192 g/mol. The van der Waals surface area contributed by atoms with E-state index >= 15 is 0 Å². The van der Waals surface area contributed by atoms with E-state index in [0.29, 0.717) is 5.56 Å². The Hall–Kier alpha value is -1.86. The van der Waals surface area contributed by atoms with Crippen molar-refractivity contribution in [3.8, 4) is 6.07 Å². The maximum Gasteiger partial charge on any atom is 0.337 e. The van der Waals surface area contributed by atoms with Crippen LogP contribution in [0.2, 0.25) is 0 Å². The number of hydrogen-bond donors (Lipinski definition) is 1. The van der Waals surface area contributed by atoms with E-state index in [0.717, 1.165) is 5.56 Å². The lowest BCUT2D eigenvalue weighted by atomic mass is 10.1. The van der Waals surface area contributed by atoms with E-state index in [2.05, 4.69) is 16.1 Å². The molecule has 0 spiro atoms. The number of nitrogens with one attached hydrogen (secondary N) is 1. The molecule has 1 unspecified atom stereocenters. The van der Waals surface area contributed by atoms with Crippen molar-refractivity contribution in [2.75, 3.05) is 14.2 Å². The van der Waals surface area contributed by atoms with E-state index in [-0.39, 0.29) is 12.0 Å². The highest BCUT2D eigenvalue weighted by molar-refractivity contribution is 5.89. The van der Waals surface area contributed by atoms with Crippen molar-refractivity contribution in [1.82, 2.24) is 5.32 Å². The van der Waals surface area contributed by atoms with Crippen molar-refractivity contribution < 1.29 is 9.53 Å². The summed E-state index contributed by atoms with van der Waals surface area (Å²) in [6.45, 7) is 0. The number of ether oxygens (including phenoxy) is 1. The van der Waals surface area contributed by atoms with Crippen LogP contribution in [0.3, 0.4) is 0 Å². The van der Waals surface area contributed by atoms with Crippen molar-refractivity contribution >= 4 is 5.97 Å². The third kappa shape index (κ3) is 2.55. The number of carbonyl (C=O) groups excluding carboxylic acids is 1. The summed E-state index contributed by atoms with van der Waals surface area (Å²) in [7, 11) is 3.05. The minimum absolute atomic E-state index is 0.350. The second kappa shape index (κ2) is 5.13. The molecule has 1 aromatic rings. The molecule has 1 N–H and O–H groups in total. The predicted octanol–water partition coefficient (Wildman–Crippen LogP) is 1.26. The molecule has 0 heterocycles. The Morgan fingerprint density at radius 2 is 2.07 bits per heavy atom. The number of carbonyl (C=O) groups is 1. The van der Waals surface area contributed by atoms with E-state index in [1.807, 2.05) is 0 Å². The van der Waals surface area contributed by atoms with Gasteiger partial charge < -0.3 is 10.1 Å². The number of benzene rings is 1. The quantitative estimate of drug-likeness (QED) is 0.753. The summed E-state index contributed by atoms with van der Waals surface area (Å²) < 4.78 is 4.57. The molecule has 1 aromatic carbocycles. The Morgan fingerprint density at radius 3 is 2.47 bits per heavy atom. The fourth-order valence-corrected chi connectivity index (χ4v) is 1.24. The van der Waals surface area contributed by atoms with Crippen LogP contribution in [0.1, 0.15) is 22.0 Å². The minimum atomic E-state index is -0.375. The van der Waals surface area contributed by atoms with Gasteiger partial charge in [0.05, 0.1) is 18.7 Å². The number of hydrogen-bond acceptors (Lipinski definition) is 4. The van der Waals surface area contributed by atoms with Crippen LogP contribution in [-0.4, -0.2) is 20.1 Å². The second-order valence-electron chi connectivity index (χ2n) is 2.96. The number of nitrogens with zero attached hydrogens (tertiary/aromatic N) is 1. The molecule has 0 saturated carbocycles. The van der Waals surface area contributed by atoms with Crippen LogP contribution in [0.5, 0.6) is 0 Å². The average Bonchev–Trinajstić information content (AvgIpc) is 2.30. The Labute approximate surface area is 88.5 Å². The van der Waals surface area contributed by atoms with E-state index < -0.39 is 0 Å². The zero-order valence-corrected chi connectivity index (χ0v) is 8.65. The molecule has 1 rings (SSSR count). The summed E-state index contributed by atoms with van der Waals surface area (Å²) in [5, 5.41) is 11.7. The second-order valence-corrected chi connectivity index (χ2v) is 2.96. The fourth-order valence-electron chi connectivity index (χ4n) is 1.24. The van der Waals surface area contributed by atoms with E-state index in [1.165, 1.54) is 7.11 Å². The molecule has 0 aliphatic carbocycles. The summed E-state index contributed by atoms with van der Waals surface area (Å²) in [6.07, 6.45) is 0. The first-order valence-electron chi connectivity index (χ1n) is 4.48. The number of methoxy groups -OCH3 is 1. The Morgan fingerprint density at radius 1 is 1.47 bits per heavy atom. The Bertz CT molecular complexity index is 379. The zero-order chi connectivity index (χ0) is 11.3. The van der Waals surface area contributed by atoms with E-state index in [4.69, 9.17) is 5.26 Å². The molecule has 0 aliphatic heterocycles. The van der Waals surface area contributed by atoms with Crippen LogP contribution in [0.25, 0.3) is 0 Å². The SMILES string of the molecule is CNC(C#N)c1ccc(C(=O)OC)cc1. The molecule has 4 nitrogen and oxygen atoms in total. The van der Waals surface area contributed by atoms with Crippen LogP contribution >= 0.6 is 0 Å². The third-order valence-corrected chi connectivity index (χ3v) is 2.08. The van der Waals surface area contributed by atoms with Gasteiger partial charge in [-0.05, 0) is 24.7 Å². The lowest BCUT2D eigenvalue weighted by Crippen LogP contribution is -2.14. The standard InChI is InChI=1S/C11H12N2O2/c1-13-10(7-12)8-3-5-9(6-4-8)11(14)15-2/h3-6,10,13H,1-2H3. The molecule has 4 heteroatoms.